The van der Waals surface area contributed by atoms with Gasteiger partial charge in [0.15, 0.2) is 0 Å². The zero-order valence-electron chi connectivity index (χ0n) is 10.3. The number of allylic oxidation sites excluding steroid dienone is 2. The van der Waals surface area contributed by atoms with Gasteiger partial charge in [-0.15, -0.1) is 0 Å². The lowest BCUT2D eigenvalue weighted by atomic mass is 9.88. The van der Waals surface area contributed by atoms with Gasteiger partial charge in [0.1, 0.15) is 5.60 Å². The van der Waals surface area contributed by atoms with Crippen molar-refractivity contribution in [2.45, 2.75) is 26.4 Å². The Balaban J connectivity index is 0.000000606. The van der Waals surface area contributed by atoms with E-state index in [0.717, 1.165) is 24.2 Å². The Kier molecular flexibility index (Phi) is 4.96. The van der Waals surface area contributed by atoms with E-state index >= 15 is 0 Å². The molecule has 0 unspecified atom stereocenters. The Labute approximate surface area is 107 Å². The van der Waals surface area contributed by atoms with Crippen LogP contribution in [0.3, 0.4) is 0 Å². The Morgan fingerprint density at radius 3 is 2.50 bits per heavy atom. The molecule has 1 spiro atoms. The molecule has 2 heterocycles. The maximum Gasteiger partial charge on any atom is 0.115 e. The molecule has 0 aromatic rings. The summed E-state index contributed by atoms with van der Waals surface area (Å²) in [5.41, 5.74) is 2.63. The van der Waals surface area contributed by atoms with E-state index in [4.69, 9.17) is 4.74 Å². The highest BCUT2D eigenvalue weighted by Gasteiger charge is 2.44. The Bertz CT molecular complexity index is 327. The molecule has 0 aromatic heterocycles. The fourth-order valence-electron chi connectivity index (χ4n) is 1.82. The van der Waals surface area contributed by atoms with Crippen molar-refractivity contribution in [3.63, 3.8) is 0 Å². The molecule has 0 radical (unpaired) electrons. The predicted octanol–water partition coefficient (Wildman–Crippen LogP) is 3.17. The molecule has 3 heteroatoms. The molecule has 2 nitrogen and oxygen atoms in total. The molecule has 2 aliphatic heterocycles. The van der Waals surface area contributed by atoms with E-state index in [0.29, 0.717) is 0 Å². The first-order valence-corrected chi connectivity index (χ1v) is 6.52. The van der Waals surface area contributed by atoms with Gasteiger partial charge in [-0.2, -0.15) is 0 Å². The molecule has 0 atom stereocenters. The number of ether oxygens (including phenoxy) is 1. The van der Waals surface area contributed by atoms with Crippen LogP contribution in [-0.2, 0) is 4.74 Å². The van der Waals surface area contributed by atoms with Gasteiger partial charge in [0, 0.05) is 17.6 Å². The van der Waals surface area contributed by atoms with Gasteiger partial charge in [-0.1, -0.05) is 42.4 Å². The van der Waals surface area contributed by atoms with Crippen molar-refractivity contribution in [2.75, 3.05) is 19.7 Å². The Morgan fingerprint density at radius 2 is 2.12 bits per heavy atom. The van der Waals surface area contributed by atoms with Gasteiger partial charge in [-0.3, -0.25) is 0 Å². The Hall–Kier alpha value is -0.380. The number of hydrogen-bond donors (Lipinski definition) is 1. The lowest BCUT2D eigenvalue weighted by Gasteiger charge is -2.39. The zero-order valence-corrected chi connectivity index (χ0v) is 11.9. The smallest absolute Gasteiger partial charge is 0.115 e. The van der Waals surface area contributed by atoms with Crippen molar-refractivity contribution in [1.29, 1.82) is 0 Å². The Morgan fingerprint density at radius 1 is 1.50 bits per heavy atom. The number of hydrogen-bond acceptors (Lipinski definition) is 2. The first-order valence-electron chi connectivity index (χ1n) is 5.72. The van der Waals surface area contributed by atoms with Crippen LogP contribution in [0.15, 0.2) is 34.4 Å². The van der Waals surface area contributed by atoms with E-state index in [1.54, 1.807) is 6.08 Å². The second-order valence-electron chi connectivity index (χ2n) is 3.77. The maximum atomic E-state index is 5.81. The average Bonchev–Trinajstić information content (AvgIpc) is 2.59. The van der Waals surface area contributed by atoms with Gasteiger partial charge in [0.05, 0.1) is 6.61 Å². The summed E-state index contributed by atoms with van der Waals surface area (Å²) in [7, 11) is 0. The fourth-order valence-corrected chi connectivity index (χ4v) is 2.10. The summed E-state index contributed by atoms with van der Waals surface area (Å²) in [5, 5.41) is 3.25. The molecule has 1 saturated heterocycles. The van der Waals surface area contributed by atoms with E-state index in [9.17, 15) is 0 Å². The number of halogens is 1. The van der Waals surface area contributed by atoms with Gasteiger partial charge < -0.3 is 10.1 Å². The van der Waals surface area contributed by atoms with E-state index in [2.05, 4.69) is 40.8 Å². The van der Waals surface area contributed by atoms with Crippen LogP contribution in [0.25, 0.3) is 0 Å². The van der Waals surface area contributed by atoms with E-state index in [-0.39, 0.29) is 5.60 Å². The van der Waals surface area contributed by atoms with E-state index < -0.39 is 0 Å². The second kappa shape index (κ2) is 5.80. The monoisotopic (exact) mass is 285 g/mol. The number of rotatable bonds is 2. The lowest BCUT2D eigenvalue weighted by molar-refractivity contribution is -0.0219. The summed E-state index contributed by atoms with van der Waals surface area (Å²) in [6, 6.07) is 0. The van der Waals surface area contributed by atoms with Crippen LogP contribution in [-0.4, -0.2) is 25.3 Å². The van der Waals surface area contributed by atoms with Crippen LogP contribution in [0.1, 0.15) is 20.8 Å². The summed E-state index contributed by atoms with van der Waals surface area (Å²) in [4.78, 5) is 0. The minimum atomic E-state index is 0.000281. The summed E-state index contributed by atoms with van der Waals surface area (Å²) >= 11 is 3.43. The van der Waals surface area contributed by atoms with Crippen molar-refractivity contribution >= 4 is 15.9 Å². The molecule has 0 aromatic carbocycles. The van der Waals surface area contributed by atoms with Crippen molar-refractivity contribution in [3.05, 3.63) is 34.4 Å². The van der Waals surface area contributed by atoms with E-state index in [1.165, 1.54) is 11.1 Å². The van der Waals surface area contributed by atoms with Crippen LogP contribution >= 0.6 is 15.9 Å². The molecule has 1 fully saturated rings. The van der Waals surface area contributed by atoms with Gasteiger partial charge in [-0.05, 0) is 24.1 Å². The highest BCUT2D eigenvalue weighted by Crippen LogP contribution is 2.35. The molecule has 0 amide bonds. The van der Waals surface area contributed by atoms with Gasteiger partial charge in [0.25, 0.3) is 0 Å². The fraction of sp³-hybridized carbons (Fsp3) is 0.538. The molecule has 1 N–H and O–H groups in total. The van der Waals surface area contributed by atoms with Crippen molar-refractivity contribution < 1.29 is 4.74 Å². The predicted molar refractivity (Wildman–Crippen MR) is 72.8 cm³/mol. The van der Waals surface area contributed by atoms with Crippen LogP contribution in [0.2, 0.25) is 0 Å². The second-order valence-corrected chi connectivity index (χ2v) is 4.69. The van der Waals surface area contributed by atoms with Crippen molar-refractivity contribution in [3.8, 4) is 0 Å². The SMILES string of the molecule is C=C/C(Br)=C\C1=C(C)C2(CNC2)OC1.CC. The molecule has 16 heavy (non-hydrogen) atoms. The minimum absolute atomic E-state index is 0.000281. The molecule has 0 bridgehead atoms. The molecule has 2 rings (SSSR count). The van der Waals surface area contributed by atoms with Crippen LogP contribution in [0.4, 0.5) is 0 Å². The van der Waals surface area contributed by atoms with Gasteiger partial charge in [-0.25, -0.2) is 0 Å². The maximum absolute atomic E-state index is 5.81. The molecule has 90 valence electrons. The molecule has 2 aliphatic rings. The first-order chi connectivity index (χ1) is 7.68. The molecular formula is C13H20BrNO. The third-order valence-corrected chi connectivity index (χ3v) is 3.55. The largest absolute Gasteiger partial charge is 0.363 e. The van der Waals surface area contributed by atoms with Gasteiger partial charge in [0.2, 0.25) is 0 Å². The first kappa shape index (κ1) is 13.7. The van der Waals surface area contributed by atoms with E-state index in [1.807, 2.05) is 13.8 Å². The van der Waals surface area contributed by atoms with Crippen molar-refractivity contribution in [1.82, 2.24) is 5.32 Å². The standard InChI is InChI=1S/C11H14BrNO.C2H6/c1-3-10(12)4-9-5-14-11(8(9)2)6-13-7-11;1-2/h3-4,13H,1,5-7H2,2H3;1-2H3/b10-4+;. The highest BCUT2D eigenvalue weighted by molar-refractivity contribution is 9.11. The van der Waals surface area contributed by atoms with Crippen LogP contribution in [0, 0.1) is 0 Å². The zero-order chi connectivity index (χ0) is 12.2. The molecular weight excluding hydrogens is 266 g/mol. The van der Waals surface area contributed by atoms with Crippen LogP contribution < -0.4 is 5.32 Å². The highest BCUT2D eigenvalue weighted by atomic mass is 79.9. The lowest BCUT2D eigenvalue weighted by Crippen LogP contribution is -2.60. The third-order valence-electron chi connectivity index (χ3n) is 3.00. The van der Waals surface area contributed by atoms with Crippen molar-refractivity contribution in [2.24, 2.45) is 0 Å². The third kappa shape index (κ3) is 2.47. The molecule has 0 saturated carbocycles. The molecule has 0 aliphatic carbocycles. The topological polar surface area (TPSA) is 21.3 Å². The summed E-state index contributed by atoms with van der Waals surface area (Å²) in [5.74, 6) is 0. The van der Waals surface area contributed by atoms with Crippen LogP contribution in [0.5, 0.6) is 0 Å². The summed E-state index contributed by atoms with van der Waals surface area (Å²) < 4.78 is 6.82. The minimum Gasteiger partial charge on any atom is -0.363 e. The summed E-state index contributed by atoms with van der Waals surface area (Å²) in [6.07, 6.45) is 3.89. The van der Waals surface area contributed by atoms with Gasteiger partial charge >= 0.3 is 0 Å². The number of nitrogens with one attached hydrogen (secondary N) is 1. The average molecular weight is 286 g/mol. The quantitative estimate of drug-likeness (QED) is 0.787. The normalized spacial score (nSPS) is 22.6. The summed E-state index contributed by atoms with van der Waals surface area (Å²) in [6.45, 7) is 12.5.